The van der Waals surface area contributed by atoms with Gasteiger partial charge in [0.15, 0.2) is 6.61 Å². The molecule has 0 saturated heterocycles. The van der Waals surface area contributed by atoms with Crippen molar-refractivity contribution in [2.75, 3.05) is 19.8 Å². The fourth-order valence-corrected chi connectivity index (χ4v) is 1.87. The lowest BCUT2D eigenvalue weighted by Crippen LogP contribution is -2.46. The fraction of sp³-hybridized carbons (Fsp3) is 0.500. The van der Waals surface area contributed by atoms with Crippen molar-refractivity contribution >= 4 is 17.8 Å². The molecule has 2 amide bonds. The number of hydrogen-bond donors (Lipinski definition) is 2. The van der Waals surface area contributed by atoms with E-state index in [1.807, 2.05) is 13.8 Å². The molecular weight excluding hydrogens is 324 g/mol. The van der Waals surface area contributed by atoms with Crippen molar-refractivity contribution in [1.29, 1.82) is 0 Å². The topological polar surface area (TPSA) is 93.7 Å². The van der Waals surface area contributed by atoms with Crippen LogP contribution < -0.4 is 15.4 Å². The summed E-state index contributed by atoms with van der Waals surface area (Å²) in [7, 11) is 0. The third-order valence-electron chi connectivity index (χ3n) is 3.22. The summed E-state index contributed by atoms with van der Waals surface area (Å²) in [5.41, 5.74) is 0.324. The van der Waals surface area contributed by atoms with Crippen molar-refractivity contribution in [3.05, 3.63) is 29.8 Å². The lowest BCUT2D eigenvalue weighted by molar-refractivity contribution is -0.130. The molecule has 138 valence electrons. The van der Waals surface area contributed by atoms with Gasteiger partial charge in [0.05, 0.1) is 12.2 Å². The number of amides is 2. The van der Waals surface area contributed by atoms with Gasteiger partial charge >= 0.3 is 5.97 Å². The Morgan fingerprint density at radius 2 is 1.76 bits per heavy atom. The Kier molecular flexibility index (Phi) is 9.06. The second-order valence-electron chi connectivity index (χ2n) is 5.53. The molecule has 2 N–H and O–H groups in total. The molecule has 0 aliphatic rings. The summed E-state index contributed by atoms with van der Waals surface area (Å²) in [4.78, 5) is 35.3. The van der Waals surface area contributed by atoms with Crippen molar-refractivity contribution in [3.63, 3.8) is 0 Å². The Balaban J connectivity index is 2.39. The molecule has 0 spiro atoms. The van der Waals surface area contributed by atoms with Crippen LogP contribution in [0, 0.1) is 0 Å². The summed E-state index contributed by atoms with van der Waals surface area (Å²) in [5.74, 6) is -0.747. The van der Waals surface area contributed by atoms with Gasteiger partial charge in [-0.25, -0.2) is 4.79 Å². The van der Waals surface area contributed by atoms with E-state index in [-0.39, 0.29) is 5.91 Å². The van der Waals surface area contributed by atoms with Gasteiger partial charge in [-0.05, 0) is 44.0 Å². The van der Waals surface area contributed by atoms with Crippen molar-refractivity contribution in [1.82, 2.24) is 10.6 Å². The van der Waals surface area contributed by atoms with E-state index in [1.54, 1.807) is 31.2 Å². The lowest BCUT2D eigenvalue weighted by Gasteiger charge is -2.13. The predicted octanol–water partition coefficient (Wildman–Crippen LogP) is 1.66. The van der Waals surface area contributed by atoms with Crippen LogP contribution in [0.1, 0.15) is 44.0 Å². The molecule has 1 aromatic rings. The molecule has 0 bridgehead atoms. The standard InChI is InChI=1S/C18H26N2O5/c1-4-10-19-17(22)13(3)20-16(21)12-25-18(23)14-6-8-15(9-7-14)24-11-5-2/h6-9,13H,4-5,10-12H2,1-3H3,(H,19,22)(H,20,21)/t13-/m1/s1. The van der Waals surface area contributed by atoms with Gasteiger partial charge in [0, 0.05) is 6.54 Å². The third-order valence-corrected chi connectivity index (χ3v) is 3.22. The SMILES string of the molecule is CCCNC(=O)[C@@H](C)NC(=O)COC(=O)c1ccc(OCCC)cc1. The minimum atomic E-state index is -0.687. The summed E-state index contributed by atoms with van der Waals surface area (Å²) in [5, 5.41) is 5.15. The zero-order chi connectivity index (χ0) is 18.7. The molecule has 0 aromatic heterocycles. The number of benzene rings is 1. The minimum absolute atomic E-state index is 0.274. The summed E-state index contributed by atoms with van der Waals surface area (Å²) in [6.07, 6.45) is 1.71. The maximum atomic E-state index is 11.9. The summed E-state index contributed by atoms with van der Waals surface area (Å²) >= 11 is 0. The molecule has 25 heavy (non-hydrogen) atoms. The Bertz CT molecular complexity index is 571. The second-order valence-corrected chi connectivity index (χ2v) is 5.53. The van der Waals surface area contributed by atoms with E-state index in [9.17, 15) is 14.4 Å². The fourth-order valence-electron chi connectivity index (χ4n) is 1.87. The zero-order valence-corrected chi connectivity index (χ0v) is 15.0. The normalized spacial score (nSPS) is 11.3. The van der Waals surface area contributed by atoms with Crippen LogP contribution in [0.2, 0.25) is 0 Å². The van der Waals surface area contributed by atoms with E-state index < -0.39 is 24.5 Å². The zero-order valence-electron chi connectivity index (χ0n) is 15.0. The minimum Gasteiger partial charge on any atom is -0.494 e. The van der Waals surface area contributed by atoms with Gasteiger partial charge in [-0.3, -0.25) is 9.59 Å². The first-order valence-corrected chi connectivity index (χ1v) is 8.45. The van der Waals surface area contributed by atoms with Crippen LogP contribution in [0.5, 0.6) is 5.75 Å². The molecular formula is C18H26N2O5. The number of carbonyl (C=O) groups excluding carboxylic acids is 3. The average molecular weight is 350 g/mol. The first kappa shape index (κ1) is 20.5. The van der Waals surface area contributed by atoms with Gasteiger partial charge in [-0.1, -0.05) is 13.8 Å². The molecule has 0 aliphatic heterocycles. The highest BCUT2D eigenvalue weighted by Gasteiger charge is 2.16. The van der Waals surface area contributed by atoms with Crippen LogP contribution in [0.15, 0.2) is 24.3 Å². The number of carbonyl (C=O) groups is 3. The van der Waals surface area contributed by atoms with Crippen LogP contribution in [0.3, 0.4) is 0 Å². The Hall–Kier alpha value is -2.57. The van der Waals surface area contributed by atoms with Gasteiger partial charge < -0.3 is 20.1 Å². The van der Waals surface area contributed by atoms with Crippen molar-refractivity contribution in [3.8, 4) is 5.75 Å². The maximum absolute atomic E-state index is 11.9. The van der Waals surface area contributed by atoms with Crippen LogP contribution in [0.4, 0.5) is 0 Å². The van der Waals surface area contributed by atoms with E-state index in [0.717, 1.165) is 12.8 Å². The molecule has 7 heteroatoms. The van der Waals surface area contributed by atoms with E-state index in [1.165, 1.54) is 0 Å². The Morgan fingerprint density at radius 1 is 1.08 bits per heavy atom. The largest absolute Gasteiger partial charge is 0.494 e. The van der Waals surface area contributed by atoms with Gasteiger partial charge in [0.1, 0.15) is 11.8 Å². The first-order chi connectivity index (χ1) is 12.0. The Morgan fingerprint density at radius 3 is 2.36 bits per heavy atom. The van der Waals surface area contributed by atoms with Crippen molar-refractivity contribution in [2.24, 2.45) is 0 Å². The van der Waals surface area contributed by atoms with Gasteiger partial charge in [0.25, 0.3) is 5.91 Å². The molecule has 1 rings (SSSR count). The van der Waals surface area contributed by atoms with Crippen molar-refractivity contribution in [2.45, 2.75) is 39.7 Å². The van der Waals surface area contributed by atoms with Crippen LogP contribution in [-0.2, 0) is 14.3 Å². The average Bonchev–Trinajstić information content (AvgIpc) is 2.62. The second kappa shape index (κ2) is 11.1. The number of rotatable bonds is 10. The monoisotopic (exact) mass is 350 g/mol. The smallest absolute Gasteiger partial charge is 0.338 e. The highest BCUT2D eigenvalue weighted by molar-refractivity contribution is 5.92. The molecule has 7 nitrogen and oxygen atoms in total. The van der Waals surface area contributed by atoms with E-state index in [0.29, 0.717) is 24.5 Å². The summed E-state index contributed by atoms with van der Waals surface area (Å²) in [6, 6.07) is 5.81. The van der Waals surface area contributed by atoms with Crippen molar-refractivity contribution < 1.29 is 23.9 Å². The third kappa shape index (κ3) is 7.69. The number of nitrogens with one attached hydrogen (secondary N) is 2. The highest BCUT2D eigenvalue weighted by Crippen LogP contribution is 2.13. The summed E-state index contributed by atoms with van der Waals surface area (Å²) < 4.78 is 10.4. The molecule has 0 fully saturated rings. The lowest BCUT2D eigenvalue weighted by atomic mass is 10.2. The molecule has 0 aliphatic carbocycles. The molecule has 0 heterocycles. The van der Waals surface area contributed by atoms with Crippen LogP contribution in [0.25, 0.3) is 0 Å². The predicted molar refractivity (Wildman–Crippen MR) is 93.4 cm³/mol. The molecule has 0 saturated carbocycles. The molecule has 0 unspecified atom stereocenters. The first-order valence-electron chi connectivity index (χ1n) is 8.45. The number of hydrogen-bond acceptors (Lipinski definition) is 5. The summed E-state index contributed by atoms with van der Waals surface area (Å²) in [6.45, 7) is 6.22. The van der Waals surface area contributed by atoms with E-state index in [2.05, 4.69) is 10.6 Å². The van der Waals surface area contributed by atoms with Crippen LogP contribution >= 0.6 is 0 Å². The van der Waals surface area contributed by atoms with E-state index >= 15 is 0 Å². The number of esters is 1. The van der Waals surface area contributed by atoms with Gasteiger partial charge in [0.2, 0.25) is 5.91 Å². The molecule has 0 radical (unpaired) electrons. The highest BCUT2D eigenvalue weighted by atomic mass is 16.5. The molecule has 1 aromatic carbocycles. The van der Waals surface area contributed by atoms with E-state index in [4.69, 9.17) is 9.47 Å². The van der Waals surface area contributed by atoms with Gasteiger partial charge in [-0.2, -0.15) is 0 Å². The Labute approximate surface area is 148 Å². The quantitative estimate of drug-likeness (QED) is 0.626. The molecule has 1 atom stereocenters. The van der Waals surface area contributed by atoms with Gasteiger partial charge in [-0.15, -0.1) is 0 Å². The maximum Gasteiger partial charge on any atom is 0.338 e. The van der Waals surface area contributed by atoms with Crippen LogP contribution in [-0.4, -0.2) is 43.6 Å². The number of ether oxygens (including phenoxy) is 2.